The van der Waals surface area contributed by atoms with Gasteiger partial charge in [-0.1, -0.05) is 6.07 Å². The van der Waals surface area contributed by atoms with E-state index >= 15 is 0 Å². The molecule has 0 aliphatic rings. The predicted molar refractivity (Wildman–Crippen MR) is 46.9 cm³/mol. The maximum Gasteiger partial charge on any atom is 0.387 e. The zero-order valence-corrected chi connectivity index (χ0v) is 7.42. The summed E-state index contributed by atoms with van der Waals surface area (Å²) in [5, 5.41) is 8.68. The fraction of sp³-hybridized carbons (Fsp3) is 0.222. The van der Waals surface area contributed by atoms with Gasteiger partial charge in [-0.15, -0.1) is 0 Å². The van der Waals surface area contributed by atoms with E-state index in [-0.39, 0.29) is 17.0 Å². The van der Waals surface area contributed by atoms with Gasteiger partial charge in [-0.2, -0.15) is 14.0 Å². The Morgan fingerprint density at radius 1 is 1.50 bits per heavy atom. The maximum absolute atomic E-state index is 11.9. The van der Waals surface area contributed by atoms with Gasteiger partial charge in [0, 0.05) is 0 Å². The molecule has 0 heterocycles. The summed E-state index contributed by atoms with van der Waals surface area (Å²) in [6.07, 6.45) is 0. The first-order chi connectivity index (χ1) is 6.56. The molecule has 5 heteroatoms. The van der Waals surface area contributed by atoms with Crippen molar-refractivity contribution in [3.05, 3.63) is 23.3 Å². The highest BCUT2D eigenvalue weighted by Gasteiger charge is 2.12. The summed E-state index contributed by atoms with van der Waals surface area (Å²) in [7, 11) is 0. The minimum Gasteiger partial charge on any atom is -0.433 e. The van der Waals surface area contributed by atoms with Crippen molar-refractivity contribution in [3.8, 4) is 11.8 Å². The highest BCUT2D eigenvalue weighted by atomic mass is 19.3. The summed E-state index contributed by atoms with van der Waals surface area (Å²) in [5.74, 6) is -0.165. The van der Waals surface area contributed by atoms with Crippen molar-refractivity contribution in [3.63, 3.8) is 0 Å². The molecule has 14 heavy (non-hydrogen) atoms. The molecule has 3 nitrogen and oxygen atoms in total. The highest BCUT2D eigenvalue weighted by Crippen LogP contribution is 2.28. The minimum absolute atomic E-state index is 0.0483. The van der Waals surface area contributed by atoms with Crippen LogP contribution in [0.1, 0.15) is 11.1 Å². The van der Waals surface area contributed by atoms with Crippen LogP contribution in [-0.4, -0.2) is 6.61 Å². The molecule has 1 aromatic carbocycles. The molecule has 0 atom stereocenters. The zero-order valence-electron chi connectivity index (χ0n) is 7.42. The average molecular weight is 198 g/mol. The molecule has 0 aromatic heterocycles. The first-order valence-electron chi connectivity index (χ1n) is 3.80. The zero-order chi connectivity index (χ0) is 10.7. The molecule has 0 spiro atoms. The molecule has 0 fully saturated rings. The molecule has 1 rings (SSSR count). The smallest absolute Gasteiger partial charge is 0.387 e. The van der Waals surface area contributed by atoms with Crippen LogP contribution >= 0.6 is 0 Å². The molecule has 0 saturated heterocycles. The molecule has 0 aliphatic heterocycles. The quantitative estimate of drug-likeness (QED) is 0.740. The van der Waals surface area contributed by atoms with Crippen molar-refractivity contribution in [2.75, 3.05) is 5.73 Å². The number of alkyl halides is 2. The summed E-state index contributed by atoms with van der Waals surface area (Å²) < 4.78 is 27.9. The second-order valence-corrected chi connectivity index (χ2v) is 2.66. The van der Waals surface area contributed by atoms with Gasteiger partial charge < -0.3 is 10.5 Å². The number of ether oxygens (including phenoxy) is 1. The van der Waals surface area contributed by atoms with Gasteiger partial charge >= 0.3 is 6.61 Å². The van der Waals surface area contributed by atoms with E-state index in [4.69, 9.17) is 11.0 Å². The molecule has 0 saturated carbocycles. The van der Waals surface area contributed by atoms with Crippen molar-refractivity contribution in [2.24, 2.45) is 0 Å². The second-order valence-electron chi connectivity index (χ2n) is 2.66. The molecule has 0 amide bonds. The normalized spacial score (nSPS) is 9.93. The standard InChI is InChI=1S/C9H8F2N2O/c1-5-2-3-7(14-9(10)11)8(13)6(5)4-12/h2-3,9H,13H2,1H3. The van der Waals surface area contributed by atoms with Gasteiger partial charge in [0.25, 0.3) is 0 Å². The third-order valence-electron chi connectivity index (χ3n) is 1.74. The second kappa shape index (κ2) is 3.92. The molecule has 0 unspecified atom stereocenters. The monoisotopic (exact) mass is 198 g/mol. The lowest BCUT2D eigenvalue weighted by atomic mass is 10.1. The number of rotatable bonds is 2. The number of aryl methyl sites for hydroxylation is 1. The number of hydrogen-bond donors (Lipinski definition) is 1. The van der Waals surface area contributed by atoms with E-state index in [0.717, 1.165) is 0 Å². The molecule has 0 radical (unpaired) electrons. The van der Waals surface area contributed by atoms with E-state index < -0.39 is 6.61 Å². The van der Waals surface area contributed by atoms with Gasteiger partial charge in [0.2, 0.25) is 0 Å². The Hall–Kier alpha value is -1.83. The molecular weight excluding hydrogens is 190 g/mol. The predicted octanol–water partition coefficient (Wildman–Crippen LogP) is 2.05. The Morgan fingerprint density at radius 3 is 2.64 bits per heavy atom. The lowest BCUT2D eigenvalue weighted by Gasteiger charge is -2.09. The van der Waals surface area contributed by atoms with Crippen LogP contribution in [0.5, 0.6) is 5.75 Å². The topological polar surface area (TPSA) is 59.0 Å². The van der Waals surface area contributed by atoms with Gasteiger partial charge in [0.1, 0.15) is 11.8 Å². The van der Waals surface area contributed by atoms with Gasteiger partial charge in [-0.25, -0.2) is 0 Å². The number of hydrogen-bond acceptors (Lipinski definition) is 3. The van der Waals surface area contributed by atoms with Gasteiger partial charge in [-0.05, 0) is 18.6 Å². The van der Waals surface area contributed by atoms with Gasteiger partial charge in [0.05, 0.1) is 11.3 Å². The summed E-state index contributed by atoms with van der Waals surface area (Å²) in [6.45, 7) is -1.27. The lowest BCUT2D eigenvalue weighted by molar-refractivity contribution is -0.0493. The van der Waals surface area contributed by atoms with Crippen LogP contribution < -0.4 is 10.5 Å². The maximum atomic E-state index is 11.9. The number of anilines is 1. The Morgan fingerprint density at radius 2 is 2.14 bits per heavy atom. The minimum atomic E-state index is -2.94. The van der Waals surface area contributed by atoms with Crippen molar-refractivity contribution >= 4 is 5.69 Å². The van der Waals surface area contributed by atoms with E-state index in [1.165, 1.54) is 12.1 Å². The Labute approximate surface area is 79.7 Å². The van der Waals surface area contributed by atoms with Gasteiger partial charge in [0.15, 0.2) is 0 Å². The Bertz CT molecular complexity index is 385. The van der Waals surface area contributed by atoms with Crippen molar-refractivity contribution in [2.45, 2.75) is 13.5 Å². The Kier molecular flexibility index (Phi) is 2.87. The van der Waals surface area contributed by atoms with Crippen molar-refractivity contribution < 1.29 is 13.5 Å². The number of halogens is 2. The fourth-order valence-corrected chi connectivity index (χ4v) is 1.06. The first kappa shape index (κ1) is 10.3. The molecule has 1 aromatic rings. The number of nitrogens with two attached hydrogens (primary N) is 1. The summed E-state index contributed by atoms with van der Waals surface area (Å²) >= 11 is 0. The van der Waals surface area contributed by atoms with Crippen LogP contribution in [0.3, 0.4) is 0 Å². The van der Waals surface area contributed by atoms with Crippen LogP contribution in [0.15, 0.2) is 12.1 Å². The third kappa shape index (κ3) is 1.91. The van der Waals surface area contributed by atoms with Crippen molar-refractivity contribution in [1.29, 1.82) is 5.26 Å². The number of nitrogens with zero attached hydrogens (tertiary/aromatic N) is 1. The number of benzene rings is 1. The highest BCUT2D eigenvalue weighted by molar-refractivity contribution is 5.65. The molecule has 0 bridgehead atoms. The first-order valence-corrected chi connectivity index (χ1v) is 3.80. The summed E-state index contributed by atoms with van der Waals surface area (Å²) in [5.41, 5.74) is 6.21. The fourth-order valence-electron chi connectivity index (χ4n) is 1.06. The molecule has 0 aliphatic carbocycles. The number of nitrogen functional groups attached to an aromatic ring is 1. The van der Waals surface area contributed by atoms with E-state index in [2.05, 4.69) is 4.74 Å². The van der Waals surface area contributed by atoms with Crippen molar-refractivity contribution in [1.82, 2.24) is 0 Å². The summed E-state index contributed by atoms with van der Waals surface area (Å²) in [4.78, 5) is 0. The third-order valence-corrected chi connectivity index (χ3v) is 1.74. The van der Waals surface area contributed by atoms with E-state index in [1.807, 2.05) is 6.07 Å². The SMILES string of the molecule is Cc1ccc(OC(F)F)c(N)c1C#N. The van der Waals surface area contributed by atoms with Crippen LogP contribution in [0.25, 0.3) is 0 Å². The van der Waals surface area contributed by atoms with E-state index in [1.54, 1.807) is 6.92 Å². The summed E-state index contributed by atoms with van der Waals surface area (Å²) in [6, 6.07) is 4.65. The van der Waals surface area contributed by atoms with Crippen LogP contribution in [-0.2, 0) is 0 Å². The largest absolute Gasteiger partial charge is 0.433 e. The molecule has 2 N–H and O–H groups in total. The van der Waals surface area contributed by atoms with E-state index in [9.17, 15) is 8.78 Å². The molecule has 74 valence electrons. The average Bonchev–Trinajstić information content (AvgIpc) is 2.10. The van der Waals surface area contributed by atoms with Crippen LogP contribution in [0.2, 0.25) is 0 Å². The number of nitriles is 1. The Balaban J connectivity index is 3.16. The molecular formula is C9H8F2N2O. The van der Waals surface area contributed by atoms with Gasteiger partial charge in [-0.3, -0.25) is 0 Å². The van der Waals surface area contributed by atoms with E-state index in [0.29, 0.717) is 5.56 Å². The van der Waals surface area contributed by atoms with Crippen LogP contribution in [0.4, 0.5) is 14.5 Å². The lowest BCUT2D eigenvalue weighted by Crippen LogP contribution is -2.06. The van der Waals surface area contributed by atoms with Crippen LogP contribution in [0, 0.1) is 18.3 Å².